The summed E-state index contributed by atoms with van der Waals surface area (Å²) in [6.45, 7) is 9.72. The molecule has 5 aliphatic rings. The lowest BCUT2D eigenvalue weighted by molar-refractivity contribution is -0.576. The number of esters is 1. The maximum absolute atomic E-state index is 12.7. The highest BCUT2D eigenvalue weighted by Crippen LogP contribution is 2.60. The lowest BCUT2D eigenvalue weighted by Gasteiger charge is -2.59. The van der Waals surface area contributed by atoms with E-state index in [2.05, 4.69) is 17.6 Å². The fourth-order valence-electron chi connectivity index (χ4n) is 6.74. The summed E-state index contributed by atoms with van der Waals surface area (Å²) in [5.74, 6) is -3.01. The van der Waals surface area contributed by atoms with Gasteiger partial charge in [0.05, 0.1) is 6.42 Å². The average Bonchev–Trinajstić information content (AvgIpc) is 3.12. The van der Waals surface area contributed by atoms with Crippen LogP contribution in [0.2, 0.25) is 0 Å². The molecule has 40 heavy (non-hydrogen) atoms. The Morgan fingerprint density at radius 3 is 2.45 bits per heavy atom. The summed E-state index contributed by atoms with van der Waals surface area (Å²) in [5, 5.41) is 14.3. The van der Waals surface area contributed by atoms with E-state index >= 15 is 0 Å². The monoisotopic (exact) mass is 568 g/mol. The van der Waals surface area contributed by atoms with Crippen LogP contribution in [0.25, 0.3) is 0 Å². The first-order valence-corrected chi connectivity index (χ1v) is 14.5. The van der Waals surface area contributed by atoms with Crippen molar-refractivity contribution in [2.24, 2.45) is 29.6 Å². The van der Waals surface area contributed by atoms with Crippen molar-refractivity contribution in [3.8, 4) is 0 Å². The molecule has 4 saturated heterocycles. The third-order valence-corrected chi connectivity index (χ3v) is 9.05. The number of amides is 2. The minimum Gasteiger partial charge on any atom is -0.480 e. The minimum atomic E-state index is -1.08. The van der Waals surface area contributed by atoms with Gasteiger partial charge in [0.15, 0.2) is 11.9 Å². The first-order valence-electron chi connectivity index (χ1n) is 14.5. The molecule has 1 saturated carbocycles. The van der Waals surface area contributed by atoms with Gasteiger partial charge >= 0.3 is 11.9 Å². The van der Waals surface area contributed by atoms with Gasteiger partial charge in [-0.2, -0.15) is 0 Å². The smallest absolute Gasteiger partial charge is 0.326 e. The maximum Gasteiger partial charge on any atom is 0.326 e. The molecule has 2 bridgehead atoms. The molecule has 9 atom stereocenters. The number of hydrogen-bond acceptors (Lipinski definition) is 9. The van der Waals surface area contributed by atoms with Gasteiger partial charge < -0.3 is 30.0 Å². The third-order valence-electron chi connectivity index (χ3n) is 9.05. The summed E-state index contributed by atoms with van der Waals surface area (Å²) >= 11 is 0. The fraction of sp³-hybridized carbons (Fsp3) is 0.857. The van der Waals surface area contributed by atoms with Gasteiger partial charge in [-0.05, 0) is 50.4 Å². The van der Waals surface area contributed by atoms with Crippen LogP contribution in [0.1, 0.15) is 86.0 Å². The first kappa shape index (κ1) is 30.7. The number of fused-ring (bicyclic) bond motifs is 2. The Morgan fingerprint density at radius 1 is 1.00 bits per heavy atom. The van der Waals surface area contributed by atoms with Gasteiger partial charge in [0.1, 0.15) is 6.04 Å². The molecule has 1 aliphatic carbocycles. The van der Waals surface area contributed by atoms with Crippen molar-refractivity contribution >= 4 is 23.8 Å². The van der Waals surface area contributed by atoms with E-state index in [-0.39, 0.29) is 55.4 Å². The highest BCUT2D eigenvalue weighted by atomic mass is 17.3. The van der Waals surface area contributed by atoms with Crippen LogP contribution < -0.4 is 10.6 Å². The van der Waals surface area contributed by atoms with Gasteiger partial charge in [-0.25, -0.2) is 14.6 Å². The quantitative estimate of drug-likeness (QED) is 0.192. The molecule has 0 radical (unpaired) electrons. The predicted molar refractivity (Wildman–Crippen MR) is 139 cm³/mol. The number of nitrogens with one attached hydrogen (secondary N) is 2. The Morgan fingerprint density at radius 2 is 1.75 bits per heavy atom. The number of carboxylic acids is 1. The summed E-state index contributed by atoms with van der Waals surface area (Å²) < 4.78 is 18.2. The van der Waals surface area contributed by atoms with E-state index in [9.17, 15) is 19.2 Å². The first-order chi connectivity index (χ1) is 18.9. The van der Waals surface area contributed by atoms with Crippen molar-refractivity contribution in [1.82, 2.24) is 10.6 Å². The van der Waals surface area contributed by atoms with Gasteiger partial charge in [0, 0.05) is 37.6 Å². The summed E-state index contributed by atoms with van der Waals surface area (Å²) in [7, 11) is 0. The topological polar surface area (TPSA) is 159 Å². The molecule has 5 fully saturated rings. The third kappa shape index (κ3) is 6.29. The molecule has 4 aliphatic heterocycles. The summed E-state index contributed by atoms with van der Waals surface area (Å²) in [5.41, 5.74) is -0.740. The highest BCUT2D eigenvalue weighted by molar-refractivity contribution is 5.84. The van der Waals surface area contributed by atoms with Gasteiger partial charge in [0.2, 0.25) is 23.9 Å². The van der Waals surface area contributed by atoms with E-state index in [0.717, 1.165) is 19.3 Å². The molecular weight excluding hydrogens is 524 g/mol. The lowest BCUT2D eigenvalue weighted by Crippen LogP contribution is -2.70. The SMILES string of the molecule is CC(C)[C@H](NC(=O)CCCNC(=O)CCC(=O)O[C@@H]1O[C@@H]2O[C@@]3(C)CC[C@H]4[C@H](C)CC[C@@H]([C@H]1C)[C@@]24OO3)C(=O)O. The van der Waals surface area contributed by atoms with Crippen molar-refractivity contribution in [3.63, 3.8) is 0 Å². The Hall–Kier alpha value is -2.28. The molecule has 226 valence electrons. The van der Waals surface area contributed by atoms with Gasteiger partial charge in [-0.3, -0.25) is 14.4 Å². The maximum atomic E-state index is 12.7. The number of rotatable bonds is 11. The summed E-state index contributed by atoms with van der Waals surface area (Å²) in [6, 6.07) is -0.953. The minimum absolute atomic E-state index is 0.0275. The second-order valence-electron chi connectivity index (χ2n) is 12.3. The van der Waals surface area contributed by atoms with Crippen molar-refractivity contribution in [3.05, 3.63) is 0 Å². The number of hydrogen-bond donors (Lipinski definition) is 3. The molecule has 0 unspecified atom stereocenters. The summed E-state index contributed by atoms with van der Waals surface area (Å²) in [6.07, 6.45) is 2.21. The molecule has 0 aromatic heterocycles. The van der Waals surface area contributed by atoms with E-state index in [1.54, 1.807) is 13.8 Å². The number of carbonyl (C=O) groups is 4. The molecule has 5 rings (SSSR count). The molecule has 0 aromatic rings. The number of ether oxygens (including phenoxy) is 3. The standard InChI is InChI=1S/C28H44N2O10/c1-15(2)23(24(34)35)30-21(32)7-6-14-29-20(31)10-11-22(33)36-25-17(4)19-9-8-16(3)18-12-13-27(5)38-26(37-25)28(18,19)40-39-27/h15-19,23,25-26H,6-14H2,1-5H3,(H,29,31)(H,30,32)(H,34,35)/t16-,17-,18+,19+,23+,25-,26-,27-,28-/m1/s1. The predicted octanol–water partition coefficient (Wildman–Crippen LogP) is 2.64. The van der Waals surface area contributed by atoms with E-state index in [4.69, 9.17) is 29.1 Å². The highest BCUT2D eigenvalue weighted by Gasteiger charge is 2.69. The lowest BCUT2D eigenvalue weighted by atomic mass is 9.58. The zero-order chi connectivity index (χ0) is 29.2. The largest absolute Gasteiger partial charge is 0.480 e. The Labute approximate surface area is 235 Å². The van der Waals surface area contributed by atoms with Crippen LogP contribution in [0.3, 0.4) is 0 Å². The van der Waals surface area contributed by atoms with Crippen molar-refractivity contribution in [1.29, 1.82) is 0 Å². The van der Waals surface area contributed by atoms with Crippen LogP contribution >= 0.6 is 0 Å². The molecule has 4 heterocycles. The van der Waals surface area contributed by atoms with Crippen LogP contribution in [-0.2, 0) is 43.2 Å². The second-order valence-corrected chi connectivity index (χ2v) is 12.3. The van der Waals surface area contributed by atoms with Crippen molar-refractivity contribution < 1.29 is 48.3 Å². The molecular formula is C28H44N2O10. The van der Waals surface area contributed by atoms with Crippen molar-refractivity contribution in [2.75, 3.05) is 6.54 Å². The van der Waals surface area contributed by atoms with Crippen LogP contribution in [0.15, 0.2) is 0 Å². The summed E-state index contributed by atoms with van der Waals surface area (Å²) in [4.78, 5) is 60.0. The van der Waals surface area contributed by atoms with Gasteiger partial charge in [-0.1, -0.05) is 27.7 Å². The van der Waals surface area contributed by atoms with Gasteiger partial charge in [-0.15, -0.1) is 0 Å². The molecule has 12 heteroatoms. The number of carboxylic acid groups (broad SMARTS) is 1. The van der Waals surface area contributed by atoms with Crippen LogP contribution in [-0.4, -0.2) is 65.4 Å². The normalized spacial score (nSPS) is 37.1. The fourth-order valence-corrected chi connectivity index (χ4v) is 6.74. The number of aliphatic carboxylic acids is 1. The molecule has 3 N–H and O–H groups in total. The second kappa shape index (κ2) is 12.3. The van der Waals surface area contributed by atoms with E-state index in [1.165, 1.54) is 0 Å². The number of carbonyl (C=O) groups excluding carboxylic acids is 3. The van der Waals surface area contributed by atoms with Crippen LogP contribution in [0.5, 0.6) is 0 Å². The van der Waals surface area contributed by atoms with E-state index in [0.29, 0.717) is 18.8 Å². The molecule has 0 aromatic carbocycles. The zero-order valence-electron chi connectivity index (χ0n) is 24.1. The van der Waals surface area contributed by atoms with E-state index in [1.807, 2.05) is 13.8 Å². The average molecular weight is 569 g/mol. The van der Waals surface area contributed by atoms with E-state index < -0.39 is 47.9 Å². The van der Waals surface area contributed by atoms with Crippen LogP contribution in [0, 0.1) is 29.6 Å². The van der Waals surface area contributed by atoms with Crippen LogP contribution in [0.4, 0.5) is 0 Å². The Kier molecular flexibility index (Phi) is 9.43. The molecule has 2 amide bonds. The van der Waals surface area contributed by atoms with Gasteiger partial charge in [0.25, 0.3) is 0 Å². The molecule has 12 nitrogen and oxygen atoms in total. The van der Waals surface area contributed by atoms with Crippen molar-refractivity contribution in [2.45, 2.75) is 116 Å². The molecule has 1 spiro atoms. The zero-order valence-corrected chi connectivity index (χ0v) is 24.1. The Bertz CT molecular complexity index is 975. The Balaban J connectivity index is 1.22.